The molecule has 1 N–H and O–H groups in total. The van der Waals surface area contributed by atoms with Gasteiger partial charge in [0.15, 0.2) is 5.78 Å². The van der Waals surface area contributed by atoms with Crippen LogP contribution in [-0.2, 0) is 23.2 Å². The molecule has 2 aliphatic rings. The van der Waals surface area contributed by atoms with E-state index in [0.717, 1.165) is 29.7 Å². The number of urea groups is 1. The lowest BCUT2D eigenvalue weighted by Gasteiger charge is -2.22. The number of ketones is 1. The first kappa shape index (κ1) is 18.4. The summed E-state index contributed by atoms with van der Waals surface area (Å²) in [6, 6.07) is 12.7. The van der Waals surface area contributed by atoms with Gasteiger partial charge >= 0.3 is 6.03 Å². The zero-order valence-corrected chi connectivity index (χ0v) is 16.2. The molecule has 0 radical (unpaired) electrons. The molecule has 1 heterocycles. The van der Waals surface area contributed by atoms with E-state index >= 15 is 0 Å². The molecule has 2 aromatic rings. The second kappa shape index (κ2) is 6.89. The third-order valence-corrected chi connectivity index (χ3v) is 5.88. The van der Waals surface area contributed by atoms with Crippen molar-refractivity contribution in [1.82, 2.24) is 10.2 Å². The SMILES string of the molecule is Cc1ccc(C2(C)NC(=O)N(CC(=O)c3ccc4c(c3)CCCC4)C2=O)cc1. The van der Waals surface area contributed by atoms with Crippen molar-refractivity contribution in [1.29, 1.82) is 0 Å². The number of aryl methyl sites for hydroxylation is 3. The van der Waals surface area contributed by atoms with Crippen LogP contribution < -0.4 is 5.32 Å². The minimum atomic E-state index is -1.15. The van der Waals surface area contributed by atoms with E-state index in [4.69, 9.17) is 0 Å². The highest BCUT2D eigenvalue weighted by atomic mass is 16.2. The van der Waals surface area contributed by atoms with Crippen LogP contribution in [0.1, 0.15) is 52.4 Å². The van der Waals surface area contributed by atoms with Crippen molar-refractivity contribution in [2.75, 3.05) is 6.54 Å². The third kappa shape index (κ3) is 3.11. The summed E-state index contributed by atoms with van der Waals surface area (Å²) < 4.78 is 0. The summed E-state index contributed by atoms with van der Waals surface area (Å²) in [6.07, 6.45) is 4.34. The number of carbonyl (C=O) groups excluding carboxylic acids is 3. The number of hydrogen-bond donors (Lipinski definition) is 1. The fraction of sp³-hybridized carbons (Fsp3) is 0.348. The zero-order chi connectivity index (χ0) is 19.9. The van der Waals surface area contributed by atoms with Crippen LogP contribution in [0.15, 0.2) is 42.5 Å². The van der Waals surface area contributed by atoms with E-state index in [9.17, 15) is 14.4 Å². The maximum atomic E-state index is 13.0. The highest BCUT2D eigenvalue weighted by Crippen LogP contribution is 2.29. The average molecular weight is 376 g/mol. The first-order valence-corrected chi connectivity index (χ1v) is 9.75. The highest BCUT2D eigenvalue weighted by Gasteiger charge is 2.49. The number of nitrogens with zero attached hydrogens (tertiary/aromatic N) is 1. The van der Waals surface area contributed by atoms with Gasteiger partial charge in [-0.25, -0.2) is 4.79 Å². The quantitative estimate of drug-likeness (QED) is 0.656. The van der Waals surface area contributed by atoms with Crippen LogP contribution in [0, 0.1) is 6.92 Å². The van der Waals surface area contributed by atoms with E-state index in [1.165, 1.54) is 17.5 Å². The van der Waals surface area contributed by atoms with Crippen LogP contribution >= 0.6 is 0 Å². The van der Waals surface area contributed by atoms with Crippen molar-refractivity contribution in [3.63, 3.8) is 0 Å². The van der Waals surface area contributed by atoms with E-state index in [1.54, 1.807) is 6.92 Å². The number of hydrogen-bond acceptors (Lipinski definition) is 3. The molecule has 0 spiro atoms. The molecule has 0 saturated carbocycles. The molecular formula is C23H24N2O3. The number of amides is 3. The molecule has 144 valence electrons. The summed E-state index contributed by atoms with van der Waals surface area (Å²) >= 11 is 0. The van der Waals surface area contributed by atoms with E-state index in [-0.39, 0.29) is 12.3 Å². The number of fused-ring (bicyclic) bond motifs is 1. The van der Waals surface area contributed by atoms with Crippen molar-refractivity contribution in [2.24, 2.45) is 0 Å². The number of benzene rings is 2. The lowest BCUT2D eigenvalue weighted by Crippen LogP contribution is -2.41. The van der Waals surface area contributed by atoms with Gasteiger partial charge in [-0.1, -0.05) is 42.0 Å². The van der Waals surface area contributed by atoms with Crippen LogP contribution in [0.25, 0.3) is 0 Å². The van der Waals surface area contributed by atoms with Gasteiger partial charge in [0, 0.05) is 5.56 Å². The minimum absolute atomic E-state index is 0.218. The number of Topliss-reactive ketones (excluding diaryl/α,β-unsaturated/α-hetero) is 1. The lowest BCUT2D eigenvalue weighted by molar-refractivity contribution is -0.130. The van der Waals surface area contributed by atoms with Crippen molar-refractivity contribution < 1.29 is 14.4 Å². The average Bonchev–Trinajstić information content (AvgIpc) is 2.92. The van der Waals surface area contributed by atoms with Gasteiger partial charge in [0.05, 0.1) is 6.54 Å². The van der Waals surface area contributed by atoms with Crippen LogP contribution in [0.5, 0.6) is 0 Å². The zero-order valence-electron chi connectivity index (χ0n) is 16.2. The minimum Gasteiger partial charge on any atom is -0.319 e. The van der Waals surface area contributed by atoms with Gasteiger partial charge in [0.25, 0.3) is 5.91 Å². The van der Waals surface area contributed by atoms with Crippen molar-refractivity contribution >= 4 is 17.7 Å². The molecule has 3 amide bonds. The molecule has 28 heavy (non-hydrogen) atoms. The summed E-state index contributed by atoms with van der Waals surface area (Å²) in [5.74, 6) is -0.613. The number of imide groups is 1. The molecule has 2 aromatic carbocycles. The second-order valence-corrected chi connectivity index (χ2v) is 7.93. The number of nitrogens with one attached hydrogen (secondary N) is 1. The van der Waals surface area contributed by atoms with E-state index in [1.807, 2.05) is 49.4 Å². The molecule has 1 aliphatic carbocycles. The normalized spacial score (nSPS) is 21.4. The Kier molecular flexibility index (Phi) is 4.53. The third-order valence-electron chi connectivity index (χ3n) is 5.88. The van der Waals surface area contributed by atoms with Gasteiger partial charge in [-0.3, -0.25) is 14.5 Å². The van der Waals surface area contributed by atoms with Gasteiger partial charge in [0.1, 0.15) is 5.54 Å². The van der Waals surface area contributed by atoms with E-state index in [0.29, 0.717) is 11.1 Å². The van der Waals surface area contributed by atoms with Crippen molar-refractivity contribution in [3.05, 3.63) is 70.3 Å². The summed E-state index contributed by atoms with van der Waals surface area (Å²) in [5.41, 5.74) is 3.69. The van der Waals surface area contributed by atoms with Gasteiger partial charge in [-0.2, -0.15) is 0 Å². The van der Waals surface area contributed by atoms with E-state index < -0.39 is 17.5 Å². The molecule has 5 heteroatoms. The Hall–Kier alpha value is -2.95. The standard InChI is InChI=1S/C23H24N2O3/c1-15-7-11-19(12-8-15)23(2)21(27)25(22(28)24-23)14-20(26)18-10-9-16-5-3-4-6-17(16)13-18/h7-13H,3-6,14H2,1-2H3,(H,24,28). The fourth-order valence-electron chi connectivity index (χ4n) is 4.06. The van der Waals surface area contributed by atoms with Gasteiger partial charge in [-0.05, 0) is 62.3 Å². The summed E-state index contributed by atoms with van der Waals surface area (Å²) in [7, 11) is 0. The summed E-state index contributed by atoms with van der Waals surface area (Å²) in [6.45, 7) is 3.40. The summed E-state index contributed by atoms with van der Waals surface area (Å²) in [4.78, 5) is 39.3. The maximum Gasteiger partial charge on any atom is 0.325 e. The van der Waals surface area contributed by atoms with Gasteiger partial charge in [-0.15, -0.1) is 0 Å². The smallest absolute Gasteiger partial charge is 0.319 e. The molecular weight excluding hydrogens is 352 g/mol. The predicted molar refractivity (Wildman–Crippen MR) is 106 cm³/mol. The van der Waals surface area contributed by atoms with Crippen LogP contribution in [0.4, 0.5) is 4.79 Å². The highest BCUT2D eigenvalue weighted by molar-refractivity contribution is 6.11. The Morgan fingerprint density at radius 2 is 1.71 bits per heavy atom. The van der Waals surface area contributed by atoms with Crippen LogP contribution in [-0.4, -0.2) is 29.2 Å². The summed E-state index contributed by atoms with van der Waals surface area (Å²) in [5, 5.41) is 2.76. The Labute approximate surface area is 164 Å². The lowest BCUT2D eigenvalue weighted by atomic mass is 9.89. The molecule has 5 nitrogen and oxygen atoms in total. The Morgan fingerprint density at radius 3 is 2.43 bits per heavy atom. The Morgan fingerprint density at radius 1 is 1.04 bits per heavy atom. The first-order valence-electron chi connectivity index (χ1n) is 9.75. The topological polar surface area (TPSA) is 66.5 Å². The van der Waals surface area contributed by atoms with Crippen LogP contribution in [0.3, 0.4) is 0 Å². The number of rotatable bonds is 4. The van der Waals surface area contributed by atoms with E-state index in [2.05, 4.69) is 5.32 Å². The Balaban J connectivity index is 1.55. The molecule has 4 rings (SSSR count). The van der Waals surface area contributed by atoms with Gasteiger partial charge < -0.3 is 5.32 Å². The molecule has 1 atom stereocenters. The number of carbonyl (C=O) groups is 3. The molecule has 0 aromatic heterocycles. The van der Waals surface area contributed by atoms with Crippen molar-refractivity contribution in [3.8, 4) is 0 Å². The molecule has 1 saturated heterocycles. The largest absolute Gasteiger partial charge is 0.325 e. The first-order chi connectivity index (χ1) is 13.4. The second-order valence-electron chi connectivity index (χ2n) is 7.93. The molecule has 1 fully saturated rings. The monoisotopic (exact) mass is 376 g/mol. The molecule has 1 aliphatic heterocycles. The van der Waals surface area contributed by atoms with Crippen molar-refractivity contribution in [2.45, 2.75) is 45.1 Å². The Bertz CT molecular complexity index is 964. The fourth-order valence-corrected chi connectivity index (χ4v) is 4.06. The predicted octanol–water partition coefficient (Wildman–Crippen LogP) is 3.52. The molecule has 0 bridgehead atoms. The van der Waals surface area contributed by atoms with Gasteiger partial charge in [0.2, 0.25) is 0 Å². The maximum absolute atomic E-state index is 13.0. The molecule has 1 unspecified atom stereocenters. The van der Waals surface area contributed by atoms with Crippen LogP contribution in [0.2, 0.25) is 0 Å².